The molecular formula is C72H89N. The Hall–Kier alpha value is -4.88. The number of rotatable bonds is 9. The molecule has 1 atom stereocenters. The van der Waals surface area contributed by atoms with Crippen LogP contribution in [0.25, 0.3) is 22.3 Å². The van der Waals surface area contributed by atoms with Crippen molar-refractivity contribution in [1.29, 1.82) is 0 Å². The van der Waals surface area contributed by atoms with Crippen molar-refractivity contribution in [3.8, 4) is 22.3 Å². The minimum absolute atomic E-state index is 0.102. The molecule has 382 valence electrons. The molecule has 0 heterocycles. The smallest absolute Gasteiger partial charge is 0.0465 e. The van der Waals surface area contributed by atoms with Crippen LogP contribution in [-0.4, -0.2) is 0 Å². The van der Waals surface area contributed by atoms with Gasteiger partial charge in [-0.1, -0.05) is 227 Å². The van der Waals surface area contributed by atoms with Gasteiger partial charge in [0.1, 0.15) is 0 Å². The highest BCUT2D eigenvalue weighted by molar-refractivity contribution is 5.87. The molecule has 0 aliphatic heterocycles. The Balaban J connectivity index is 1.03. The van der Waals surface area contributed by atoms with Crippen molar-refractivity contribution in [2.45, 2.75) is 229 Å². The van der Waals surface area contributed by atoms with Gasteiger partial charge in [0, 0.05) is 22.5 Å². The molecule has 0 amide bonds. The number of benzene rings is 6. The fourth-order valence-corrected chi connectivity index (χ4v) is 15.1. The maximum atomic E-state index is 2.77. The molecule has 1 heteroatoms. The predicted molar refractivity (Wildman–Crippen MR) is 314 cm³/mol. The van der Waals surface area contributed by atoms with Gasteiger partial charge in [-0.2, -0.15) is 0 Å². The van der Waals surface area contributed by atoms with Crippen LogP contribution < -0.4 is 4.90 Å². The molecule has 6 aromatic rings. The fraction of sp³-hybridized carbons (Fsp3) is 0.500. The van der Waals surface area contributed by atoms with Crippen molar-refractivity contribution in [2.75, 3.05) is 4.90 Å². The van der Waals surface area contributed by atoms with Crippen molar-refractivity contribution >= 4 is 17.1 Å². The first-order chi connectivity index (χ1) is 35.7. The molecule has 6 aromatic carbocycles. The Morgan fingerprint density at radius 3 is 1.36 bits per heavy atom. The minimum Gasteiger partial charge on any atom is -0.310 e. The Morgan fingerprint density at radius 1 is 0.384 bits per heavy atom. The lowest BCUT2D eigenvalue weighted by Gasteiger charge is -2.34. The summed E-state index contributed by atoms with van der Waals surface area (Å²) in [6.45, 7) is 9.44. The van der Waals surface area contributed by atoms with E-state index in [1.165, 1.54) is 234 Å². The van der Waals surface area contributed by atoms with E-state index in [1.807, 2.05) is 5.56 Å². The SMILES string of the molecule is CC(C)(C)c1ccc(C2(C)c3ccccc3-c3ccc(N(c4ccc(-c5cc(C6CCCCCCC6)c(C6CCCCCCC6)c(C6CCCCCCC6)c5)cc4)c4ccc(C5CCCCC5)cc4)cc32)cc1. The molecule has 1 unspecified atom stereocenters. The van der Waals surface area contributed by atoms with E-state index in [4.69, 9.17) is 0 Å². The van der Waals surface area contributed by atoms with E-state index in [2.05, 4.69) is 160 Å². The lowest BCUT2D eigenvalue weighted by Crippen LogP contribution is -2.23. The first kappa shape index (κ1) is 50.3. The zero-order valence-corrected chi connectivity index (χ0v) is 45.8. The van der Waals surface area contributed by atoms with E-state index in [-0.39, 0.29) is 10.8 Å². The average Bonchev–Trinajstić information content (AvgIpc) is 3.64. The molecule has 0 radical (unpaired) electrons. The second-order valence-electron chi connectivity index (χ2n) is 25.2. The third kappa shape index (κ3) is 10.7. The lowest BCUT2D eigenvalue weighted by molar-refractivity contribution is 0.421. The van der Waals surface area contributed by atoms with Gasteiger partial charge in [-0.3, -0.25) is 0 Å². The second-order valence-corrected chi connectivity index (χ2v) is 25.2. The third-order valence-corrected chi connectivity index (χ3v) is 19.4. The topological polar surface area (TPSA) is 3.24 Å². The predicted octanol–water partition coefficient (Wildman–Crippen LogP) is 22.0. The van der Waals surface area contributed by atoms with Gasteiger partial charge in [-0.25, -0.2) is 0 Å². The Morgan fingerprint density at radius 2 is 0.822 bits per heavy atom. The maximum absolute atomic E-state index is 2.77. The number of fused-ring (bicyclic) bond motifs is 3. The van der Waals surface area contributed by atoms with Crippen LogP contribution in [-0.2, 0) is 10.8 Å². The van der Waals surface area contributed by atoms with Crippen molar-refractivity contribution in [3.63, 3.8) is 0 Å². The molecule has 11 rings (SSSR count). The second kappa shape index (κ2) is 22.5. The fourth-order valence-electron chi connectivity index (χ4n) is 15.1. The Labute approximate surface area is 443 Å². The molecule has 0 N–H and O–H groups in total. The first-order valence-electron chi connectivity index (χ1n) is 30.3. The largest absolute Gasteiger partial charge is 0.310 e. The van der Waals surface area contributed by atoms with Crippen molar-refractivity contribution in [3.05, 3.63) is 172 Å². The van der Waals surface area contributed by atoms with Crippen LogP contribution in [0.2, 0.25) is 0 Å². The molecule has 1 nitrogen and oxygen atoms in total. The summed E-state index contributed by atoms with van der Waals surface area (Å²) in [5.41, 5.74) is 21.5. The normalized spacial score (nSPS) is 21.2. The molecule has 5 aliphatic carbocycles. The maximum Gasteiger partial charge on any atom is 0.0465 e. The minimum atomic E-state index is -0.288. The number of hydrogen-bond acceptors (Lipinski definition) is 1. The van der Waals surface area contributed by atoms with E-state index in [0.29, 0.717) is 17.8 Å². The van der Waals surface area contributed by atoms with Crippen LogP contribution in [0.1, 0.15) is 263 Å². The first-order valence-corrected chi connectivity index (χ1v) is 30.3. The highest BCUT2D eigenvalue weighted by Crippen LogP contribution is 2.55. The summed E-state index contributed by atoms with van der Waals surface area (Å²) in [7, 11) is 0. The number of nitrogens with zero attached hydrogens (tertiary/aromatic N) is 1. The van der Waals surface area contributed by atoms with E-state index in [0.717, 1.165) is 5.92 Å². The molecule has 0 saturated heterocycles. The summed E-state index contributed by atoms with van der Waals surface area (Å²) in [6, 6.07) is 51.4. The van der Waals surface area contributed by atoms with Crippen LogP contribution in [0.4, 0.5) is 17.1 Å². The highest BCUT2D eigenvalue weighted by Gasteiger charge is 2.41. The molecule has 4 saturated carbocycles. The number of anilines is 3. The average molecular weight is 969 g/mol. The number of hydrogen-bond donors (Lipinski definition) is 0. The summed E-state index contributed by atoms with van der Waals surface area (Å²) in [4.78, 5) is 2.57. The van der Waals surface area contributed by atoms with Gasteiger partial charge < -0.3 is 4.90 Å². The monoisotopic (exact) mass is 968 g/mol. The highest BCUT2D eigenvalue weighted by atomic mass is 15.1. The van der Waals surface area contributed by atoms with Crippen molar-refractivity contribution in [2.24, 2.45) is 0 Å². The summed E-state index contributed by atoms with van der Waals surface area (Å²) >= 11 is 0. The van der Waals surface area contributed by atoms with Gasteiger partial charge in [-0.15, -0.1) is 0 Å². The lowest BCUT2D eigenvalue weighted by atomic mass is 9.71. The molecule has 0 bridgehead atoms. The van der Waals surface area contributed by atoms with Crippen LogP contribution in [0.15, 0.2) is 127 Å². The van der Waals surface area contributed by atoms with Gasteiger partial charge in [-0.05, 0) is 191 Å². The van der Waals surface area contributed by atoms with Gasteiger partial charge in [0.2, 0.25) is 0 Å². The van der Waals surface area contributed by atoms with Crippen LogP contribution in [0.3, 0.4) is 0 Å². The zero-order valence-electron chi connectivity index (χ0n) is 45.8. The van der Waals surface area contributed by atoms with Crippen LogP contribution in [0.5, 0.6) is 0 Å². The van der Waals surface area contributed by atoms with Gasteiger partial charge in [0.05, 0.1) is 0 Å². The summed E-state index contributed by atoms with van der Waals surface area (Å²) in [5.74, 6) is 2.78. The van der Waals surface area contributed by atoms with Gasteiger partial charge >= 0.3 is 0 Å². The Bertz CT molecular complexity index is 2690. The van der Waals surface area contributed by atoms with Crippen LogP contribution in [0, 0.1) is 0 Å². The summed E-state index contributed by atoms with van der Waals surface area (Å²) in [6.07, 6.45) is 36.1. The van der Waals surface area contributed by atoms with E-state index >= 15 is 0 Å². The zero-order chi connectivity index (χ0) is 49.8. The molecule has 73 heavy (non-hydrogen) atoms. The van der Waals surface area contributed by atoms with Gasteiger partial charge in [0.15, 0.2) is 0 Å². The van der Waals surface area contributed by atoms with E-state index < -0.39 is 0 Å². The quantitative estimate of drug-likeness (QED) is 0.140. The Kier molecular flexibility index (Phi) is 15.5. The molecule has 5 aliphatic rings. The van der Waals surface area contributed by atoms with Crippen molar-refractivity contribution in [1.82, 2.24) is 0 Å². The van der Waals surface area contributed by atoms with Crippen LogP contribution >= 0.6 is 0 Å². The summed E-state index contributed by atoms with van der Waals surface area (Å²) in [5, 5.41) is 0. The molecular weight excluding hydrogens is 879 g/mol. The summed E-state index contributed by atoms with van der Waals surface area (Å²) < 4.78 is 0. The molecule has 0 spiro atoms. The van der Waals surface area contributed by atoms with Gasteiger partial charge in [0.25, 0.3) is 0 Å². The van der Waals surface area contributed by atoms with E-state index in [1.54, 1.807) is 11.1 Å². The van der Waals surface area contributed by atoms with Crippen molar-refractivity contribution < 1.29 is 0 Å². The molecule has 0 aromatic heterocycles. The standard InChI is InChI=1S/C72H89N/c1-71(2,3)59-39-41-60(42-40-59)72(4)68-34-24-23-33-64(68)65-48-47-63(51-69(65)72)73(61-43-35-53(36-44-61)52-25-21-14-22-26-52)62-45-37-54(38-46-62)58-49-66(55-27-15-8-5-9-16-28-55)70(57-31-19-12-7-13-20-32-57)67(50-58)56-29-17-10-6-11-18-30-56/h23-24,33-52,55-57H,5-22,25-32H2,1-4H3. The molecule has 4 fully saturated rings. The third-order valence-electron chi connectivity index (χ3n) is 19.4. The van der Waals surface area contributed by atoms with E-state index in [9.17, 15) is 0 Å².